The Morgan fingerprint density at radius 1 is 0.818 bits per heavy atom. The molecule has 0 heterocycles. The molecular weight excluding hydrogens is 383 g/mol. The van der Waals surface area contributed by atoms with E-state index in [0.29, 0.717) is 11.8 Å². The van der Waals surface area contributed by atoms with Crippen LogP contribution in [0, 0.1) is 33.1 Å². The minimum atomic E-state index is 0. The number of allylic oxidation sites excluding steroid dienone is 8. The van der Waals surface area contributed by atoms with Gasteiger partial charge in [0.15, 0.2) is 0 Å². The second kappa shape index (κ2) is 11.7. The van der Waals surface area contributed by atoms with E-state index < -0.39 is 0 Å². The van der Waals surface area contributed by atoms with E-state index in [0.717, 1.165) is 0 Å². The van der Waals surface area contributed by atoms with Crippen molar-refractivity contribution in [3.63, 3.8) is 0 Å². The van der Waals surface area contributed by atoms with Crippen LogP contribution in [0.1, 0.15) is 41.5 Å². The van der Waals surface area contributed by atoms with Crippen molar-refractivity contribution in [3.05, 3.63) is 66.9 Å². The van der Waals surface area contributed by atoms with Crippen molar-refractivity contribution in [2.24, 2.45) is 11.8 Å². The normalized spacial score (nSPS) is 22.4. The van der Waals surface area contributed by atoms with E-state index in [-0.39, 0.29) is 27.3 Å². The van der Waals surface area contributed by atoms with Gasteiger partial charge in [-0.3, -0.25) is 0 Å². The van der Waals surface area contributed by atoms with Crippen LogP contribution in [0.4, 0.5) is 0 Å². The van der Waals surface area contributed by atoms with Crippen LogP contribution in [0.2, 0.25) is 0 Å². The quantitative estimate of drug-likeness (QED) is 0.418. The zero-order valence-electron chi connectivity index (χ0n) is 15.5. The van der Waals surface area contributed by atoms with E-state index in [4.69, 9.17) is 0 Å². The van der Waals surface area contributed by atoms with Crippen molar-refractivity contribution < 1.29 is 23.3 Å². The molecule has 0 N–H and O–H groups in total. The molecule has 0 amide bonds. The molecule has 126 valence electrons. The summed E-state index contributed by atoms with van der Waals surface area (Å²) >= 11 is 1.58. The predicted molar refractivity (Wildman–Crippen MR) is 104 cm³/mol. The molecule has 0 bridgehead atoms. The van der Waals surface area contributed by atoms with Crippen LogP contribution in [0.5, 0.6) is 0 Å². The molecule has 3 heteroatoms. The summed E-state index contributed by atoms with van der Waals surface area (Å²) in [5.74, 6) is 1.17. The van der Waals surface area contributed by atoms with Crippen molar-refractivity contribution >= 4 is 19.3 Å². The fourth-order valence-corrected chi connectivity index (χ4v) is 2.92. The Kier molecular flexibility index (Phi) is 14.4. The second-order valence-electron chi connectivity index (χ2n) is 5.64. The summed E-state index contributed by atoms with van der Waals surface area (Å²) in [5, 5.41) is 0. The van der Waals surface area contributed by atoms with Gasteiger partial charge in [-0.1, -0.05) is 38.8 Å². The van der Waals surface area contributed by atoms with E-state index in [1.54, 1.807) is 23.3 Å². The van der Waals surface area contributed by atoms with Crippen molar-refractivity contribution in [2.75, 3.05) is 0 Å². The standard InChI is InChI=1S/C17H23.2CH3.ClH.H2Si.Zr/c1-10-7-12(3)16(14(10)5)9-17-13(4)8-11(2)15(17)6;;;;;/h7-9,14-15H,1-6H3;2*1H3;1H;1H2;/q3*-1;;;. The topological polar surface area (TPSA) is 0 Å². The first-order chi connectivity index (χ1) is 8.91. The summed E-state index contributed by atoms with van der Waals surface area (Å²) in [6, 6.07) is 0. The first-order valence-electron chi connectivity index (χ1n) is 6.90. The molecule has 0 fully saturated rings. The van der Waals surface area contributed by atoms with Gasteiger partial charge in [-0.25, -0.2) is 0 Å². The Morgan fingerprint density at radius 3 is 1.27 bits per heavy atom. The van der Waals surface area contributed by atoms with E-state index in [2.05, 4.69) is 60.1 Å². The van der Waals surface area contributed by atoms with Gasteiger partial charge in [0.05, 0.1) is 0 Å². The van der Waals surface area contributed by atoms with E-state index >= 15 is 0 Å². The van der Waals surface area contributed by atoms with Crippen molar-refractivity contribution in [1.82, 2.24) is 0 Å². The third-order valence-corrected chi connectivity index (χ3v) is 4.41. The summed E-state index contributed by atoms with van der Waals surface area (Å²) in [4.78, 5) is 0. The summed E-state index contributed by atoms with van der Waals surface area (Å²) in [7, 11) is 0. The number of halogens is 1. The van der Waals surface area contributed by atoms with Gasteiger partial charge in [0.2, 0.25) is 0 Å². The van der Waals surface area contributed by atoms with Crippen LogP contribution in [0.25, 0.3) is 0 Å². The maximum atomic E-state index is 2.43. The van der Waals surface area contributed by atoms with Crippen molar-refractivity contribution in [3.8, 4) is 0 Å². The molecule has 0 spiro atoms. The van der Waals surface area contributed by atoms with Crippen LogP contribution >= 0.6 is 12.4 Å². The maximum absolute atomic E-state index is 2.43. The summed E-state index contributed by atoms with van der Waals surface area (Å²) < 4.78 is 0. The fraction of sp³-hybridized carbons (Fsp3) is 0.421. The summed E-state index contributed by atoms with van der Waals surface area (Å²) in [6.07, 6.45) is 7.08. The first-order valence-corrected chi connectivity index (χ1v) is 12.8. The fourth-order valence-electron chi connectivity index (χ4n) is 2.92. The van der Waals surface area contributed by atoms with Crippen LogP contribution in [-0.2, 0) is 23.3 Å². The zero-order valence-corrected chi connectivity index (χ0v) is 20.2. The van der Waals surface area contributed by atoms with Gasteiger partial charge in [0.1, 0.15) is 0 Å². The Morgan fingerprint density at radius 2 is 1.09 bits per heavy atom. The van der Waals surface area contributed by atoms with Gasteiger partial charge in [-0.2, -0.15) is 6.42 Å². The molecule has 0 aliphatic heterocycles. The molecule has 0 aromatic rings. The van der Waals surface area contributed by atoms with Gasteiger partial charge in [0.25, 0.3) is 0 Å². The number of hydrogen-bond donors (Lipinski definition) is 0. The minimum absolute atomic E-state index is 0. The molecule has 0 radical (unpaired) electrons. The third-order valence-electron chi connectivity index (χ3n) is 4.41. The molecule has 0 nitrogen and oxygen atoms in total. The van der Waals surface area contributed by atoms with Crippen molar-refractivity contribution in [1.29, 1.82) is 0 Å². The Labute approximate surface area is 162 Å². The molecule has 2 aliphatic rings. The molecule has 2 atom stereocenters. The predicted octanol–water partition coefficient (Wildman–Crippen LogP) is 5.42. The molecule has 0 saturated carbocycles. The molecule has 22 heavy (non-hydrogen) atoms. The van der Waals surface area contributed by atoms with Gasteiger partial charge in [0, 0.05) is 0 Å². The monoisotopic (exact) mass is 413 g/mol. The van der Waals surface area contributed by atoms with Gasteiger partial charge in [-0.15, -0.1) is 46.9 Å². The molecule has 2 unspecified atom stereocenters. The van der Waals surface area contributed by atoms with E-state index in [9.17, 15) is 0 Å². The van der Waals surface area contributed by atoms with Crippen LogP contribution < -0.4 is 0 Å². The third kappa shape index (κ3) is 5.69. The molecule has 2 rings (SSSR count). The average molecular weight is 415 g/mol. The van der Waals surface area contributed by atoms with Crippen LogP contribution in [-0.4, -0.2) is 6.88 Å². The summed E-state index contributed by atoms with van der Waals surface area (Å²) in [6.45, 7) is 15.5. The van der Waals surface area contributed by atoms with Gasteiger partial charge < -0.3 is 14.9 Å². The molecule has 0 saturated heterocycles. The molecule has 0 aromatic carbocycles. The number of rotatable bonds is 2. The van der Waals surface area contributed by atoms with Crippen LogP contribution in [0.15, 0.2) is 45.6 Å². The average Bonchev–Trinajstić information content (AvgIpc) is 2.75. The Bertz CT molecular complexity index is 454. The SMILES string of the molecule is CC1=CC(C)=C([CH-]C2=C(C)C=C(C)C2C)C1C.Cl.[CH3-].[CH3-].[SiH2]=[Zr]. The summed E-state index contributed by atoms with van der Waals surface area (Å²) in [5.41, 5.74) is 8.86. The van der Waals surface area contributed by atoms with E-state index in [1.165, 1.54) is 33.4 Å². The van der Waals surface area contributed by atoms with Gasteiger partial charge >= 0.3 is 30.2 Å². The Balaban J connectivity index is -0.000000693. The van der Waals surface area contributed by atoms with Gasteiger partial charge in [-0.05, 0) is 25.7 Å². The molecule has 0 aromatic heterocycles. The number of hydrogen-bond acceptors (Lipinski definition) is 0. The Hall–Kier alpha value is 0.220. The second-order valence-corrected chi connectivity index (χ2v) is 5.64. The zero-order chi connectivity index (χ0) is 14.7. The van der Waals surface area contributed by atoms with Crippen molar-refractivity contribution in [2.45, 2.75) is 41.5 Å². The van der Waals surface area contributed by atoms with E-state index in [1.807, 2.05) is 6.88 Å². The molecule has 2 aliphatic carbocycles. The van der Waals surface area contributed by atoms with Crippen LogP contribution in [0.3, 0.4) is 0 Å². The molecular formula is C19H32ClSiZr-3. The first kappa shape index (κ1) is 27.1.